The Morgan fingerprint density at radius 3 is 2.35 bits per heavy atom. The molecule has 0 spiro atoms. The van der Waals surface area contributed by atoms with E-state index < -0.39 is 0 Å². The summed E-state index contributed by atoms with van der Waals surface area (Å²) in [6.45, 7) is 6.13. The molecule has 0 unspecified atom stereocenters. The fourth-order valence-electron chi connectivity index (χ4n) is 4.10. The summed E-state index contributed by atoms with van der Waals surface area (Å²) in [5.74, 6) is 7.95. The van der Waals surface area contributed by atoms with E-state index in [1.165, 1.54) is 38.5 Å². The minimum absolute atomic E-state index is 0.217. The van der Waals surface area contributed by atoms with Gasteiger partial charge >= 0.3 is 0 Å². The molecule has 0 radical (unpaired) electrons. The van der Waals surface area contributed by atoms with Crippen LogP contribution in [0.25, 0.3) is 0 Å². The maximum absolute atomic E-state index is 5.52. The molecule has 0 aromatic rings. The lowest BCUT2D eigenvalue weighted by molar-refractivity contribution is 0.0103. The van der Waals surface area contributed by atoms with Crippen molar-refractivity contribution < 1.29 is 9.47 Å². The van der Waals surface area contributed by atoms with Gasteiger partial charge in [-0.25, -0.2) is 0 Å². The van der Waals surface area contributed by atoms with E-state index in [1.807, 2.05) is 14.2 Å². The fourth-order valence-corrected chi connectivity index (χ4v) is 4.10. The first-order valence-corrected chi connectivity index (χ1v) is 9.32. The van der Waals surface area contributed by atoms with E-state index in [2.05, 4.69) is 37.8 Å². The number of hydrogen-bond donors (Lipinski definition) is 0. The van der Waals surface area contributed by atoms with Crippen LogP contribution in [0.2, 0.25) is 0 Å². The van der Waals surface area contributed by atoms with Crippen molar-refractivity contribution in [2.45, 2.75) is 65.2 Å². The normalized spacial score (nSPS) is 23.1. The summed E-state index contributed by atoms with van der Waals surface area (Å²) in [6, 6.07) is 0. The molecule has 0 amide bonds. The van der Waals surface area contributed by atoms with Gasteiger partial charge in [-0.1, -0.05) is 51.0 Å². The molecule has 132 valence electrons. The first-order valence-electron chi connectivity index (χ1n) is 9.32. The zero-order valence-electron chi connectivity index (χ0n) is 15.7. The number of hydrogen-bond acceptors (Lipinski definition) is 2. The minimum atomic E-state index is 0.217. The average Bonchev–Trinajstić information content (AvgIpc) is 2.85. The van der Waals surface area contributed by atoms with E-state index in [0.717, 1.165) is 37.9 Å². The first kappa shape index (κ1) is 20.3. The summed E-state index contributed by atoms with van der Waals surface area (Å²) in [6.07, 6.45) is 14.0. The Morgan fingerprint density at radius 1 is 1.04 bits per heavy atom. The smallest absolute Gasteiger partial charge is 0.0540 e. The van der Waals surface area contributed by atoms with Crippen LogP contribution in [0.4, 0.5) is 0 Å². The highest BCUT2D eigenvalue weighted by Crippen LogP contribution is 2.49. The lowest BCUT2D eigenvalue weighted by Crippen LogP contribution is -2.29. The Bertz CT molecular complexity index is 382. The van der Waals surface area contributed by atoms with E-state index in [0.29, 0.717) is 0 Å². The molecule has 2 heteroatoms. The standard InChI is InChI=1S/C21H36O2/c1-5-7-8-9-10-11-12-14-20-16-21(17-22-3,18-23-4)15-19(20)13-6-2/h11-12,19-20H,5-8,13-18H2,1-4H3/b12-11-/t19-,20-/m1/s1. The van der Waals surface area contributed by atoms with Gasteiger partial charge in [-0.05, 0) is 43.6 Å². The van der Waals surface area contributed by atoms with Gasteiger partial charge in [0.05, 0.1) is 13.2 Å². The molecular formula is C21H36O2. The second-order valence-corrected chi connectivity index (χ2v) is 7.15. The van der Waals surface area contributed by atoms with Crippen molar-refractivity contribution in [2.75, 3.05) is 27.4 Å². The van der Waals surface area contributed by atoms with Gasteiger partial charge in [-0.15, -0.1) is 0 Å². The third-order valence-electron chi connectivity index (χ3n) is 5.01. The number of ether oxygens (including phenoxy) is 2. The summed E-state index contributed by atoms with van der Waals surface area (Å²) >= 11 is 0. The summed E-state index contributed by atoms with van der Waals surface area (Å²) in [5, 5.41) is 0. The summed E-state index contributed by atoms with van der Waals surface area (Å²) < 4.78 is 11.0. The van der Waals surface area contributed by atoms with Crippen molar-refractivity contribution in [3.63, 3.8) is 0 Å². The van der Waals surface area contributed by atoms with E-state index in [4.69, 9.17) is 9.47 Å². The molecular weight excluding hydrogens is 284 g/mol. The number of allylic oxidation sites excluding steroid dienone is 2. The molecule has 0 bridgehead atoms. The van der Waals surface area contributed by atoms with Crippen LogP contribution in [0.1, 0.15) is 65.2 Å². The van der Waals surface area contributed by atoms with Gasteiger partial charge in [0.2, 0.25) is 0 Å². The third kappa shape index (κ3) is 7.10. The van der Waals surface area contributed by atoms with Crippen molar-refractivity contribution >= 4 is 0 Å². The van der Waals surface area contributed by atoms with Crippen molar-refractivity contribution in [1.82, 2.24) is 0 Å². The SMILES string of the molecule is CCCCC#C/C=C\C[C@@H]1CC(COC)(COC)C[C@H]1CCC. The molecule has 2 nitrogen and oxygen atoms in total. The average molecular weight is 321 g/mol. The molecule has 1 aliphatic rings. The van der Waals surface area contributed by atoms with Crippen LogP contribution in [0, 0.1) is 29.1 Å². The Kier molecular flexibility index (Phi) is 10.3. The van der Waals surface area contributed by atoms with Crippen molar-refractivity contribution in [2.24, 2.45) is 17.3 Å². The van der Waals surface area contributed by atoms with Crippen LogP contribution in [-0.2, 0) is 9.47 Å². The molecule has 1 fully saturated rings. The van der Waals surface area contributed by atoms with Gasteiger partial charge in [-0.3, -0.25) is 0 Å². The highest BCUT2D eigenvalue weighted by molar-refractivity contribution is 5.15. The molecule has 0 aromatic carbocycles. The molecule has 1 aliphatic carbocycles. The lowest BCUT2D eigenvalue weighted by Gasteiger charge is -2.27. The molecule has 23 heavy (non-hydrogen) atoms. The van der Waals surface area contributed by atoms with Gasteiger partial charge in [0.15, 0.2) is 0 Å². The van der Waals surface area contributed by atoms with Gasteiger partial charge < -0.3 is 9.47 Å². The number of methoxy groups -OCH3 is 2. The van der Waals surface area contributed by atoms with E-state index in [9.17, 15) is 0 Å². The second-order valence-electron chi connectivity index (χ2n) is 7.15. The Balaban J connectivity index is 2.59. The topological polar surface area (TPSA) is 18.5 Å². The maximum atomic E-state index is 5.52. The number of unbranched alkanes of at least 4 members (excludes halogenated alkanes) is 2. The van der Waals surface area contributed by atoms with Crippen LogP contribution < -0.4 is 0 Å². The highest BCUT2D eigenvalue weighted by atomic mass is 16.5. The Labute approximate surface area is 144 Å². The predicted molar refractivity (Wildman–Crippen MR) is 98.4 cm³/mol. The molecule has 0 saturated heterocycles. The maximum Gasteiger partial charge on any atom is 0.0540 e. The van der Waals surface area contributed by atoms with Crippen LogP contribution >= 0.6 is 0 Å². The van der Waals surface area contributed by atoms with Crippen molar-refractivity contribution in [3.8, 4) is 11.8 Å². The van der Waals surface area contributed by atoms with E-state index in [1.54, 1.807) is 0 Å². The Hall–Kier alpha value is -0.780. The molecule has 0 aromatic heterocycles. The quantitative estimate of drug-likeness (QED) is 0.405. The molecule has 0 N–H and O–H groups in total. The van der Waals surface area contributed by atoms with Crippen molar-refractivity contribution in [3.05, 3.63) is 12.2 Å². The molecule has 1 rings (SSSR count). The summed E-state index contributed by atoms with van der Waals surface area (Å²) in [5.41, 5.74) is 0.217. The highest BCUT2D eigenvalue weighted by Gasteiger charge is 2.44. The zero-order chi connectivity index (χ0) is 17.0. The molecule has 0 aliphatic heterocycles. The fraction of sp³-hybridized carbons (Fsp3) is 0.810. The predicted octanol–water partition coefficient (Wildman–Crippen LogP) is 5.23. The van der Waals surface area contributed by atoms with Gasteiger partial charge in [0, 0.05) is 26.1 Å². The van der Waals surface area contributed by atoms with Crippen LogP contribution in [0.5, 0.6) is 0 Å². The molecule has 2 atom stereocenters. The first-order chi connectivity index (χ1) is 11.2. The minimum Gasteiger partial charge on any atom is -0.384 e. The molecule has 0 heterocycles. The van der Waals surface area contributed by atoms with Gasteiger partial charge in [0.1, 0.15) is 0 Å². The lowest BCUT2D eigenvalue weighted by atomic mass is 9.86. The largest absolute Gasteiger partial charge is 0.384 e. The van der Waals surface area contributed by atoms with Gasteiger partial charge in [-0.2, -0.15) is 0 Å². The third-order valence-corrected chi connectivity index (χ3v) is 5.01. The van der Waals surface area contributed by atoms with Crippen LogP contribution in [-0.4, -0.2) is 27.4 Å². The number of rotatable bonds is 10. The Morgan fingerprint density at radius 2 is 1.74 bits per heavy atom. The molecule has 1 saturated carbocycles. The van der Waals surface area contributed by atoms with Crippen LogP contribution in [0.15, 0.2) is 12.2 Å². The van der Waals surface area contributed by atoms with E-state index in [-0.39, 0.29) is 5.41 Å². The second kappa shape index (κ2) is 11.7. The van der Waals surface area contributed by atoms with Crippen LogP contribution in [0.3, 0.4) is 0 Å². The summed E-state index contributed by atoms with van der Waals surface area (Å²) in [7, 11) is 3.62. The van der Waals surface area contributed by atoms with Crippen molar-refractivity contribution in [1.29, 1.82) is 0 Å². The summed E-state index contributed by atoms with van der Waals surface area (Å²) in [4.78, 5) is 0. The monoisotopic (exact) mass is 320 g/mol. The van der Waals surface area contributed by atoms with Gasteiger partial charge in [0.25, 0.3) is 0 Å². The van der Waals surface area contributed by atoms with E-state index >= 15 is 0 Å². The zero-order valence-corrected chi connectivity index (χ0v) is 15.7.